The van der Waals surface area contributed by atoms with Gasteiger partial charge in [0.2, 0.25) is 0 Å². The maximum atomic E-state index is 12.5. The minimum atomic E-state index is -1.34. The number of carboxylic acid groups (broad SMARTS) is 2. The van der Waals surface area contributed by atoms with Crippen LogP contribution in [0.15, 0.2) is 24.3 Å². The van der Waals surface area contributed by atoms with Crippen LogP contribution in [-0.2, 0) is 17.8 Å². The number of alkyl halides is 1. The van der Waals surface area contributed by atoms with Crippen LogP contribution in [0.25, 0.3) is 0 Å². The minimum absolute atomic E-state index is 0.0587. The molecular formula is C22H21Cl3O6. The molecule has 0 saturated carbocycles. The molecule has 0 radical (unpaired) electrons. The van der Waals surface area contributed by atoms with Crippen LogP contribution in [0.2, 0.25) is 10.0 Å². The Labute approximate surface area is 194 Å². The van der Waals surface area contributed by atoms with E-state index in [0.29, 0.717) is 24.0 Å². The van der Waals surface area contributed by atoms with Gasteiger partial charge in [0.05, 0.1) is 26.7 Å². The molecule has 0 aliphatic heterocycles. The van der Waals surface area contributed by atoms with Crippen molar-refractivity contribution in [3.05, 3.63) is 67.7 Å². The topological polar surface area (TPSA) is 101 Å². The van der Waals surface area contributed by atoms with E-state index in [0.717, 1.165) is 0 Å². The van der Waals surface area contributed by atoms with Crippen molar-refractivity contribution in [2.75, 3.05) is 0 Å². The number of carbonyl (C=O) groups excluding carboxylic acids is 1. The van der Waals surface area contributed by atoms with Crippen LogP contribution in [0, 0.1) is 6.92 Å². The van der Waals surface area contributed by atoms with E-state index in [1.165, 1.54) is 18.2 Å². The van der Waals surface area contributed by atoms with Crippen molar-refractivity contribution < 1.29 is 29.3 Å². The molecule has 0 bridgehead atoms. The zero-order valence-electron chi connectivity index (χ0n) is 17.1. The van der Waals surface area contributed by atoms with Crippen molar-refractivity contribution in [3.8, 4) is 0 Å². The molecule has 31 heavy (non-hydrogen) atoms. The monoisotopic (exact) mass is 486 g/mol. The van der Waals surface area contributed by atoms with Crippen molar-refractivity contribution in [1.29, 1.82) is 0 Å². The Morgan fingerprint density at radius 3 is 2.06 bits per heavy atom. The molecule has 0 aromatic heterocycles. The highest BCUT2D eigenvalue weighted by Gasteiger charge is 2.27. The molecule has 9 heteroatoms. The molecule has 6 nitrogen and oxygen atoms in total. The molecule has 0 spiro atoms. The Kier molecular flexibility index (Phi) is 7.98. The molecule has 0 heterocycles. The van der Waals surface area contributed by atoms with Gasteiger partial charge in [-0.05, 0) is 62.9 Å². The van der Waals surface area contributed by atoms with Crippen molar-refractivity contribution in [1.82, 2.24) is 0 Å². The third-order valence-corrected chi connectivity index (χ3v) is 5.51. The molecule has 0 atom stereocenters. The number of ether oxygens (including phenoxy) is 1. The fraction of sp³-hybridized carbons (Fsp3) is 0.318. The first kappa shape index (κ1) is 25.0. The molecule has 0 saturated heterocycles. The summed E-state index contributed by atoms with van der Waals surface area (Å²) in [6.07, 6.45) is 0.762. The molecule has 0 unspecified atom stereocenters. The van der Waals surface area contributed by atoms with E-state index in [4.69, 9.17) is 39.5 Å². The summed E-state index contributed by atoms with van der Waals surface area (Å²) in [5.74, 6) is -3.56. The third kappa shape index (κ3) is 6.12. The quantitative estimate of drug-likeness (QED) is 0.349. The zero-order valence-corrected chi connectivity index (χ0v) is 19.4. The Hall–Kier alpha value is -2.28. The zero-order chi connectivity index (χ0) is 23.5. The summed E-state index contributed by atoms with van der Waals surface area (Å²) in [5.41, 5.74) is 0.256. The third-order valence-electron chi connectivity index (χ3n) is 4.69. The lowest BCUT2D eigenvalue weighted by Gasteiger charge is -2.20. The van der Waals surface area contributed by atoms with E-state index < -0.39 is 29.4 Å². The highest BCUT2D eigenvalue weighted by Crippen LogP contribution is 2.30. The van der Waals surface area contributed by atoms with Crippen LogP contribution < -0.4 is 0 Å². The first-order chi connectivity index (χ1) is 14.3. The Balaban J connectivity index is 2.52. The van der Waals surface area contributed by atoms with Crippen molar-refractivity contribution in [2.45, 2.75) is 45.1 Å². The van der Waals surface area contributed by atoms with E-state index in [2.05, 4.69) is 0 Å². The summed E-state index contributed by atoms with van der Waals surface area (Å²) in [6, 6.07) is 5.83. The van der Waals surface area contributed by atoms with Gasteiger partial charge in [0.1, 0.15) is 6.61 Å². The Bertz CT molecular complexity index is 1020. The van der Waals surface area contributed by atoms with Crippen LogP contribution in [0.4, 0.5) is 0 Å². The summed E-state index contributed by atoms with van der Waals surface area (Å²) in [7, 11) is 0. The highest BCUT2D eigenvalue weighted by atomic mass is 35.5. The lowest BCUT2D eigenvalue weighted by Crippen LogP contribution is -2.19. The van der Waals surface area contributed by atoms with E-state index >= 15 is 0 Å². The number of carboxylic acids is 2. The van der Waals surface area contributed by atoms with E-state index in [-0.39, 0.29) is 32.3 Å². The Morgan fingerprint density at radius 2 is 1.58 bits per heavy atom. The summed E-state index contributed by atoms with van der Waals surface area (Å²) >= 11 is 18.3. The molecule has 2 aromatic carbocycles. The van der Waals surface area contributed by atoms with Gasteiger partial charge >= 0.3 is 17.9 Å². The van der Waals surface area contributed by atoms with Crippen LogP contribution >= 0.6 is 34.8 Å². The lowest BCUT2D eigenvalue weighted by molar-refractivity contribution is 0.0459. The standard InChI is InChI=1S/C22H21Cl3O6/c1-11-9-13(19(26)27)14(17(20(28)29)12(11)7-8-22(2,3)25)10-31-21(30)18-15(23)5-4-6-16(18)24/h4-6,9H,7-8,10H2,1-3H3,(H,26,27)(H,28,29). The fourth-order valence-electron chi connectivity index (χ4n) is 3.15. The van der Waals surface area contributed by atoms with Gasteiger partial charge in [-0.3, -0.25) is 0 Å². The predicted molar refractivity (Wildman–Crippen MR) is 119 cm³/mol. The number of carbonyl (C=O) groups is 3. The number of rotatable bonds is 8. The second kappa shape index (κ2) is 9.90. The summed E-state index contributed by atoms with van der Waals surface area (Å²) in [4.78, 5) is 35.9. The molecular weight excluding hydrogens is 467 g/mol. The number of halogens is 3. The molecule has 2 aromatic rings. The predicted octanol–water partition coefficient (Wildman–Crippen LogP) is 6.01. The van der Waals surface area contributed by atoms with Gasteiger partial charge in [-0.2, -0.15) is 0 Å². The van der Waals surface area contributed by atoms with Gasteiger partial charge in [-0.1, -0.05) is 29.3 Å². The maximum absolute atomic E-state index is 12.5. The van der Waals surface area contributed by atoms with Gasteiger partial charge in [0.25, 0.3) is 0 Å². The number of esters is 1. The van der Waals surface area contributed by atoms with Crippen molar-refractivity contribution in [2.24, 2.45) is 0 Å². The van der Waals surface area contributed by atoms with Gasteiger partial charge in [-0.25, -0.2) is 14.4 Å². The fourth-order valence-corrected chi connectivity index (χ4v) is 3.80. The number of hydrogen-bond donors (Lipinski definition) is 2. The van der Waals surface area contributed by atoms with Crippen molar-refractivity contribution >= 4 is 52.7 Å². The normalized spacial score (nSPS) is 11.3. The second-order valence-electron chi connectivity index (χ2n) is 7.57. The largest absolute Gasteiger partial charge is 0.478 e. The van der Waals surface area contributed by atoms with Crippen LogP contribution in [0.3, 0.4) is 0 Å². The van der Waals surface area contributed by atoms with Gasteiger partial charge in [0.15, 0.2) is 0 Å². The average Bonchev–Trinajstić information content (AvgIpc) is 2.63. The van der Waals surface area contributed by atoms with Crippen LogP contribution in [0.1, 0.15) is 68.0 Å². The Morgan fingerprint density at radius 1 is 1.00 bits per heavy atom. The molecule has 0 amide bonds. The smallest absolute Gasteiger partial charge is 0.341 e. The molecule has 0 fully saturated rings. The highest BCUT2D eigenvalue weighted by molar-refractivity contribution is 6.39. The number of hydrogen-bond acceptors (Lipinski definition) is 4. The van der Waals surface area contributed by atoms with Crippen LogP contribution in [-0.4, -0.2) is 33.0 Å². The molecule has 0 aliphatic carbocycles. The molecule has 2 N–H and O–H groups in total. The van der Waals surface area contributed by atoms with Gasteiger partial charge in [-0.15, -0.1) is 11.6 Å². The van der Waals surface area contributed by atoms with Crippen molar-refractivity contribution in [3.63, 3.8) is 0 Å². The first-order valence-corrected chi connectivity index (χ1v) is 10.4. The van der Waals surface area contributed by atoms with E-state index in [1.54, 1.807) is 26.8 Å². The average molecular weight is 488 g/mol. The molecule has 166 valence electrons. The summed E-state index contributed by atoms with van der Waals surface area (Å²) in [5, 5.41) is 19.6. The molecule has 0 aliphatic rings. The summed E-state index contributed by atoms with van der Waals surface area (Å²) in [6.45, 7) is 4.65. The van der Waals surface area contributed by atoms with E-state index in [9.17, 15) is 24.6 Å². The maximum Gasteiger partial charge on any atom is 0.341 e. The lowest BCUT2D eigenvalue weighted by atomic mass is 9.88. The first-order valence-electron chi connectivity index (χ1n) is 9.25. The van der Waals surface area contributed by atoms with Gasteiger partial charge < -0.3 is 14.9 Å². The summed E-state index contributed by atoms with van der Waals surface area (Å²) < 4.78 is 5.24. The minimum Gasteiger partial charge on any atom is -0.478 e. The SMILES string of the molecule is Cc1cc(C(=O)O)c(COC(=O)c2c(Cl)cccc2Cl)c(C(=O)O)c1CCC(C)(C)Cl. The van der Waals surface area contributed by atoms with Crippen LogP contribution in [0.5, 0.6) is 0 Å². The van der Waals surface area contributed by atoms with Gasteiger partial charge in [0, 0.05) is 10.4 Å². The number of aryl methyl sites for hydroxylation is 1. The van der Waals surface area contributed by atoms with E-state index in [1.807, 2.05) is 0 Å². The number of benzene rings is 2. The number of aromatic carboxylic acids is 2. The second-order valence-corrected chi connectivity index (χ2v) is 9.41. The molecule has 2 rings (SSSR count).